The van der Waals surface area contributed by atoms with Gasteiger partial charge < -0.3 is 5.32 Å². The molecule has 23 heavy (non-hydrogen) atoms. The molecule has 0 spiro atoms. The SMILES string of the molecule is Cc1cc(C)cc(NC(=O)c2n[nH]c3ccc([N+](=O)[O-])cc23)c1. The van der Waals surface area contributed by atoms with Crippen molar-refractivity contribution in [3.8, 4) is 0 Å². The highest BCUT2D eigenvalue weighted by Crippen LogP contribution is 2.23. The zero-order valence-electron chi connectivity index (χ0n) is 12.6. The number of benzene rings is 2. The number of nitro groups is 1. The number of H-pyrrole nitrogens is 1. The number of aryl methyl sites for hydroxylation is 2. The Balaban J connectivity index is 1.97. The summed E-state index contributed by atoms with van der Waals surface area (Å²) in [5.41, 5.74) is 3.34. The van der Waals surface area contributed by atoms with Crippen molar-refractivity contribution in [3.05, 3.63) is 63.3 Å². The van der Waals surface area contributed by atoms with Crippen molar-refractivity contribution >= 4 is 28.2 Å². The normalized spacial score (nSPS) is 10.7. The lowest BCUT2D eigenvalue weighted by Gasteiger charge is -2.06. The van der Waals surface area contributed by atoms with Gasteiger partial charge in [-0.3, -0.25) is 20.0 Å². The van der Waals surface area contributed by atoms with Crippen molar-refractivity contribution in [2.24, 2.45) is 0 Å². The molecular formula is C16H14N4O3. The van der Waals surface area contributed by atoms with Crippen LogP contribution in [-0.2, 0) is 0 Å². The van der Waals surface area contributed by atoms with Crippen LogP contribution in [0, 0.1) is 24.0 Å². The molecule has 0 bridgehead atoms. The van der Waals surface area contributed by atoms with Crippen LogP contribution in [0.2, 0.25) is 0 Å². The average Bonchev–Trinajstić information content (AvgIpc) is 2.88. The van der Waals surface area contributed by atoms with Crippen molar-refractivity contribution < 1.29 is 9.72 Å². The summed E-state index contributed by atoms with van der Waals surface area (Å²) in [6.07, 6.45) is 0. The topological polar surface area (TPSA) is 101 Å². The minimum atomic E-state index is -0.502. The van der Waals surface area contributed by atoms with Crippen LogP contribution in [0.5, 0.6) is 0 Å². The van der Waals surface area contributed by atoms with E-state index in [9.17, 15) is 14.9 Å². The Morgan fingerprint density at radius 2 is 1.87 bits per heavy atom. The van der Waals surface area contributed by atoms with Gasteiger partial charge in [-0.2, -0.15) is 5.10 Å². The summed E-state index contributed by atoms with van der Waals surface area (Å²) in [6.45, 7) is 3.88. The molecule has 0 unspecified atom stereocenters. The smallest absolute Gasteiger partial charge is 0.276 e. The van der Waals surface area contributed by atoms with Gasteiger partial charge in [-0.05, 0) is 43.2 Å². The zero-order chi connectivity index (χ0) is 16.6. The van der Waals surface area contributed by atoms with E-state index in [0.29, 0.717) is 16.6 Å². The second kappa shape index (κ2) is 5.53. The minimum Gasteiger partial charge on any atom is -0.321 e. The summed E-state index contributed by atoms with van der Waals surface area (Å²) in [5.74, 6) is -0.415. The van der Waals surface area contributed by atoms with E-state index in [1.165, 1.54) is 18.2 Å². The molecule has 116 valence electrons. The number of nitrogens with zero attached hydrogens (tertiary/aromatic N) is 2. The molecule has 1 heterocycles. The maximum Gasteiger partial charge on any atom is 0.276 e. The quantitative estimate of drug-likeness (QED) is 0.572. The number of carbonyl (C=O) groups excluding carboxylic acids is 1. The first kappa shape index (κ1) is 14.7. The van der Waals surface area contributed by atoms with Gasteiger partial charge in [0.05, 0.1) is 10.4 Å². The Kier molecular flexibility index (Phi) is 3.53. The Morgan fingerprint density at radius 3 is 2.52 bits per heavy atom. The van der Waals surface area contributed by atoms with Crippen LogP contribution in [0.3, 0.4) is 0 Å². The standard InChI is InChI=1S/C16H14N4O3/c1-9-5-10(2)7-11(6-9)17-16(21)15-13-8-12(20(22)23)3-4-14(13)18-19-15/h3-8H,1-2H3,(H,17,21)(H,18,19). The minimum absolute atomic E-state index is 0.0839. The predicted molar refractivity (Wildman–Crippen MR) is 86.6 cm³/mol. The highest BCUT2D eigenvalue weighted by Gasteiger charge is 2.17. The Labute approximate surface area is 131 Å². The molecule has 2 aromatic carbocycles. The van der Waals surface area contributed by atoms with Crippen molar-refractivity contribution in [1.82, 2.24) is 10.2 Å². The molecule has 7 heteroatoms. The molecule has 7 nitrogen and oxygen atoms in total. The molecule has 3 aromatic rings. The number of amides is 1. The number of nitrogens with one attached hydrogen (secondary N) is 2. The van der Waals surface area contributed by atoms with Crippen molar-refractivity contribution in [2.45, 2.75) is 13.8 Å². The number of anilines is 1. The van der Waals surface area contributed by atoms with Gasteiger partial charge in [-0.1, -0.05) is 6.07 Å². The number of hydrogen-bond acceptors (Lipinski definition) is 4. The molecule has 0 aliphatic heterocycles. The van der Waals surface area contributed by atoms with E-state index in [2.05, 4.69) is 15.5 Å². The summed E-state index contributed by atoms with van der Waals surface area (Å²) in [5, 5.41) is 20.8. The van der Waals surface area contributed by atoms with E-state index in [1.807, 2.05) is 32.0 Å². The lowest BCUT2D eigenvalue weighted by Crippen LogP contribution is -2.13. The Bertz CT molecular complexity index is 910. The van der Waals surface area contributed by atoms with Crippen LogP contribution in [0.4, 0.5) is 11.4 Å². The lowest BCUT2D eigenvalue weighted by atomic mass is 10.1. The molecule has 0 aliphatic carbocycles. The highest BCUT2D eigenvalue weighted by atomic mass is 16.6. The van der Waals surface area contributed by atoms with Gasteiger partial charge in [-0.15, -0.1) is 0 Å². The molecule has 0 atom stereocenters. The first-order valence-electron chi connectivity index (χ1n) is 6.96. The monoisotopic (exact) mass is 310 g/mol. The molecule has 0 saturated carbocycles. The van der Waals surface area contributed by atoms with E-state index in [0.717, 1.165) is 11.1 Å². The van der Waals surface area contributed by atoms with Gasteiger partial charge in [0.15, 0.2) is 5.69 Å². The summed E-state index contributed by atoms with van der Waals surface area (Å²) in [4.78, 5) is 22.8. The number of hydrogen-bond donors (Lipinski definition) is 2. The van der Waals surface area contributed by atoms with E-state index >= 15 is 0 Å². The van der Waals surface area contributed by atoms with Gasteiger partial charge in [0, 0.05) is 23.2 Å². The predicted octanol–water partition coefficient (Wildman–Crippen LogP) is 3.34. The van der Waals surface area contributed by atoms with Crippen molar-refractivity contribution in [1.29, 1.82) is 0 Å². The number of fused-ring (bicyclic) bond motifs is 1. The fraction of sp³-hybridized carbons (Fsp3) is 0.125. The van der Waals surface area contributed by atoms with E-state index in [4.69, 9.17) is 0 Å². The van der Waals surface area contributed by atoms with Crippen LogP contribution >= 0.6 is 0 Å². The number of aromatic nitrogens is 2. The molecule has 3 rings (SSSR count). The molecule has 0 fully saturated rings. The van der Waals surface area contributed by atoms with Crippen LogP contribution in [0.25, 0.3) is 10.9 Å². The Morgan fingerprint density at radius 1 is 1.17 bits per heavy atom. The maximum atomic E-state index is 12.4. The summed E-state index contributed by atoms with van der Waals surface area (Å²) in [7, 11) is 0. The molecule has 1 aromatic heterocycles. The third-order valence-corrected chi connectivity index (χ3v) is 3.45. The van der Waals surface area contributed by atoms with Crippen LogP contribution in [0.1, 0.15) is 21.6 Å². The first-order valence-corrected chi connectivity index (χ1v) is 6.96. The van der Waals surface area contributed by atoms with Crippen molar-refractivity contribution in [2.75, 3.05) is 5.32 Å². The van der Waals surface area contributed by atoms with Gasteiger partial charge in [0.2, 0.25) is 0 Å². The maximum absolute atomic E-state index is 12.4. The first-order chi connectivity index (χ1) is 10.9. The van der Waals surface area contributed by atoms with Crippen LogP contribution in [-0.4, -0.2) is 21.0 Å². The van der Waals surface area contributed by atoms with E-state index in [1.54, 1.807) is 0 Å². The third kappa shape index (κ3) is 2.89. The second-order valence-corrected chi connectivity index (χ2v) is 5.39. The summed E-state index contributed by atoms with van der Waals surface area (Å²) >= 11 is 0. The zero-order valence-corrected chi connectivity index (χ0v) is 12.6. The molecular weight excluding hydrogens is 296 g/mol. The number of rotatable bonds is 3. The second-order valence-electron chi connectivity index (χ2n) is 5.39. The molecule has 1 amide bonds. The van der Waals surface area contributed by atoms with Gasteiger partial charge >= 0.3 is 0 Å². The van der Waals surface area contributed by atoms with Gasteiger partial charge in [-0.25, -0.2) is 0 Å². The molecule has 0 radical (unpaired) electrons. The molecule has 0 aliphatic rings. The lowest BCUT2D eigenvalue weighted by molar-refractivity contribution is -0.384. The number of non-ortho nitro benzene ring substituents is 1. The fourth-order valence-corrected chi connectivity index (χ4v) is 2.53. The van der Waals surface area contributed by atoms with Crippen LogP contribution in [0.15, 0.2) is 36.4 Å². The average molecular weight is 310 g/mol. The third-order valence-electron chi connectivity index (χ3n) is 3.45. The van der Waals surface area contributed by atoms with E-state index < -0.39 is 10.8 Å². The summed E-state index contributed by atoms with van der Waals surface area (Å²) in [6, 6.07) is 9.95. The molecule has 2 N–H and O–H groups in total. The number of aromatic amines is 1. The number of nitro benzene ring substituents is 1. The fourth-order valence-electron chi connectivity index (χ4n) is 2.53. The largest absolute Gasteiger partial charge is 0.321 e. The Hall–Kier alpha value is -3.22. The van der Waals surface area contributed by atoms with E-state index in [-0.39, 0.29) is 11.4 Å². The van der Waals surface area contributed by atoms with Crippen LogP contribution < -0.4 is 5.32 Å². The summed E-state index contributed by atoms with van der Waals surface area (Å²) < 4.78 is 0. The molecule has 0 saturated heterocycles. The van der Waals surface area contributed by atoms with Crippen molar-refractivity contribution in [3.63, 3.8) is 0 Å². The number of carbonyl (C=O) groups is 1. The van der Waals surface area contributed by atoms with Gasteiger partial charge in [0.25, 0.3) is 11.6 Å². The highest BCUT2D eigenvalue weighted by molar-refractivity contribution is 6.11. The van der Waals surface area contributed by atoms with Gasteiger partial charge in [0.1, 0.15) is 0 Å².